The molecule has 0 amide bonds. The van der Waals surface area contributed by atoms with Crippen molar-refractivity contribution in [3.05, 3.63) is 0 Å². The normalized spacial score (nSPS) is 10.4. The number of nitrogens with zero attached hydrogens (tertiary/aromatic N) is 1. The predicted octanol–water partition coefficient (Wildman–Crippen LogP) is -0.162. The van der Waals surface area contributed by atoms with Crippen LogP contribution in [0.1, 0.15) is 12.8 Å². The lowest BCUT2D eigenvalue weighted by molar-refractivity contribution is 0.364. The highest BCUT2D eigenvalue weighted by molar-refractivity contribution is 6.23. The highest BCUT2D eigenvalue weighted by Crippen LogP contribution is 1.88. The van der Waals surface area contributed by atoms with Crippen LogP contribution in [0.15, 0.2) is 0 Å². The summed E-state index contributed by atoms with van der Waals surface area (Å²) in [6.45, 7) is 1.80. The first-order valence-corrected chi connectivity index (χ1v) is 3.57. The Bertz CT molecular complexity index is 72.8. The molecule has 0 unspecified atom stereocenters. The zero-order valence-corrected chi connectivity index (χ0v) is 6.84. The Labute approximate surface area is 63.8 Å². The zero-order valence-electron chi connectivity index (χ0n) is 6.84. The van der Waals surface area contributed by atoms with Gasteiger partial charge in [0.2, 0.25) is 0 Å². The van der Waals surface area contributed by atoms with Gasteiger partial charge in [0, 0.05) is 7.11 Å². The minimum atomic E-state index is 0.779. The van der Waals surface area contributed by atoms with Gasteiger partial charge < -0.3 is 15.2 Å². The van der Waals surface area contributed by atoms with E-state index in [-0.39, 0.29) is 0 Å². The van der Waals surface area contributed by atoms with Gasteiger partial charge in [0.1, 0.15) is 0 Å². The quantitative estimate of drug-likeness (QED) is 0.414. The topological polar surface area (TPSA) is 38.5 Å². The maximum Gasteiger partial charge on any atom is 0.398 e. The van der Waals surface area contributed by atoms with Gasteiger partial charge in [-0.25, -0.2) is 0 Å². The Morgan fingerprint density at radius 2 is 2.20 bits per heavy atom. The molecular weight excluding hydrogens is 127 g/mol. The molecule has 0 fully saturated rings. The summed E-state index contributed by atoms with van der Waals surface area (Å²) in [7, 11) is 5.34. The molecule has 0 aromatic carbocycles. The van der Waals surface area contributed by atoms with Crippen LogP contribution in [-0.2, 0) is 4.65 Å². The number of hydrogen-bond donors (Lipinski definition) is 1. The van der Waals surface area contributed by atoms with Crippen LogP contribution in [-0.4, -0.2) is 39.7 Å². The fourth-order valence-corrected chi connectivity index (χ4v) is 0.738. The molecule has 0 heterocycles. The fraction of sp³-hybridized carbons (Fsp3) is 1.00. The zero-order chi connectivity index (χ0) is 7.82. The lowest BCUT2D eigenvalue weighted by Gasteiger charge is -2.12. The highest BCUT2D eigenvalue weighted by atomic mass is 16.4. The Morgan fingerprint density at radius 3 is 2.70 bits per heavy atom. The summed E-state index contributed by atoms with van der Waals surface area (Å²) in [6.07, 6.45) is 2.22. The largest absolute Gasteiger partial charge is 0.427 e. The van der Waals surface area contributed by atoms with E-state index in [1.807, 2.05) is 11.9 Å². The van der Waals surface area contributed by atoms with Crippen LogP contribution in [0.3, 0.4) is 0 Å². The lowest BCUT2D eigenvalue weighted by Crippen LogP contribution is -2.25. The molecule has 10 heavy (non-hydrogen) atoms. The molecule has 0 aliphatic rings. The second-order valence-electron chi connectivity index (χ2n) is 2.32. The molecule has 2 N–H and O–H groups in total. The van der Waals surface area contributed by atoms with Crippen molar-refractivity contribution >= 4 is 7.62 Å². The summed E-state index contributed by atoms with van der Waals surface area (Å²) < 4.78 is 4.80. The summed E-state index contributed by atoms with van der Waals surface area (Å²) in [5, 5.41) is 0. The van der Waals surface area contributed by atoms with Gasteiger partial charge in [0.15, 0.2) is 0 Å². The Balaban J connectivity index is 2.97. The maximum absolute atomic E-state index is 5.33. The minimum Gasteiger partial charge on any atom is -0.427 e. The number of nitrogens with two attached hydrogens (primary N) is 1. The van der Waals surface area contributed by atoms with Crippen LogP contribution in [0.5, 0.6) is 0 Å². The van der Waals surface area contributed by atoms with Crippen LogP contribution in [0.25, 0.3) is 0 Å². The molecule has 0 spiro atoms. The Kier molecular flexibility index (Phi) is 7.02. The van der Waals surface area contributed by atoms with Gasteiger partial charge in [-0.05, 0) is 33.0 Å². The van der Waals surface area contributed by atoms with Crippen LogP contribution < -0.4 is 5.73 Å². The molecule has 0 rings (SSSR count). The van der Waals surface area contributed by atoms with Gasteiger partial charge in [0.05, 0.1) is 0 Å². The van der Waals surface area contributed by atoms with Crippen LogP contribution >= 0.6 is 0 Å². The summed E-state index contributed by atoms with van der Waals surface area (Å²) >= 11 is 0. The van der Waals surface area contributed by atoms with Crippen molar-refractivity contribution in [1.29, 1.82) is 0 Å². The SMILES string of the molecule is CO[B]N(C)CCCCN. The molecule has 0 aliphatic heterocycles. The standard InChI is InChI=1S/C6H16BN2O/c1-9(7-10-2)6-4-3-5-8/h3-6,8H2,1-2H3. The van der Waals surface area contributed by atoms with Gasteiger partial charge >= 0.3 is 7.62 Å². The van der Waals surface area contributed by atoms with Crippen molar-refractivity contribution in [2.75, 3.05) is 27.2 Å². The summed E-state index contributed by atoms with van der Waals surface area (Å²) in [6, 6.07) is 0. The van der Waals surface area contributed by atoms with Crippen molar-refractivity contribution in [2.24, 2.45) is 5.73 Å². The molecule has 0 aromatic rings. The molecule has 1 radical (unpaired) electrons. The van der Waals surface area contributed by atoms with Crippen molar-refractivity contribution < 1.29 is 4.65 Å². The molecule has 3 nitrogen and oxygen atoms in total. The Hall–Kier alpha value is -0.0551. The number of rotatable bonds is 6. The second-order valence-corrected chi connectivity index (χ2v) is 2.32. The highest BCUT2D eigenvalue weighted by Gasteiger charge is 1.98. The number of hydrogen-bond acceptors (Lipinski definition) is 3. The van der Waals surface area contributed by atoms with E-state index in [0.717, 1.165) is 25.9 Å². The minimum absolute atomic E-state index is 0.779. The van der Waals surface area contributed by atoms with Crippen LogP contribution in [0.4, 0.5) is 0 Å². The van der Waals surface area contributed by atoms with E-state index in [1.165, 1.54) is 0 Å². The maximum atomic E-state index is 5.33. The molecule has 59 valence electrons. The van der Waals surface area contributed by atoms with Crippen molar-refractivity contribution in [3.8, 4) is 0 Å². The van der Waals surface area contributed by atoms with E-state index in [0.29, 0.717) is 0 Å². The second kappa shape index (κ2) is 7.06. The van der Waals surface area contributed by atoms with E-state index < -0.39 is 0 Å². The molecule has 0 saturated carbocycles. The van der Waals surface area contributed by atoms with Crippen molar-refractivity contribution in [2.45, 2.75) is 12.8 Å². The fourth-order valence-electron chi connectivity index (χ4n) is 0.738. The molecule has 0 saturated heterocycles. The van der Waals surface area contributed by atoms with E-state index >= 15 is 0 Å². The summed E-state index contributed by atoms with van der Waals surface area (Å²) in [4.78, 5) is 2.01. The molecule has 4 heteroatoms. The first-order valence-electron chi connectivity index (χ1n) is 3.57. The van der Waals surface area contributed by atoms with Crippen molar-refractivity contribution in [3.63, 3.8) is 0 Å². The van der Waals surface area contributed by atoms with E-state index in [2.05, 4.69) is 0 Å². The van der Waals surface area contributed by atoms with E-state index in [1.54, 1.807) is 14.7 Å². The predicted molar refractivity (Wildman–Crippen MR) is 43.7 cm³/mol. The third-order valence-corrected chi connectivity index (χ3v) is 1.25. The van der Waals surface area contributed by atoms with Gasteiger partial charge in [-0.2, -0.15) is 0 Å². The van der Waals surface area contributed by atoms with E-state index in [9.17, 15) is 0 Å². The van der Waals surface area contributed by atoms with Gasteiger partial charge in [-0.15, -0.1) is 0 Å². The molecule has 0 aliphatic carbocycles. The molecule has 0 bridgehead atoms. The van der Waals surface area contributed by atoms with Gasteiger partial charge in [-0.3, -0.25) is 0 Å². The van der Waals surface area contributed by atoms with Gasteiger partial charge in [0.25, 0.3) is 0 Å². The first-order chi connectivity index (χ1) is 4.81. The average molecular weight is 143 g/mol. The smallest absolute Gasteiger partial charge is 0.398 e. The lowest BCUT2D eigenvalue weighted by atomic mass is 10.2. The van der Waals surface area contributed by atoms with Gasteiger partial charge in [-0.1, -0.05) is 0 Å². The monoisotopic (exact) mass is 143 g/mol. The molecule has 0 aromatic heterocycles. The van der Waals surface area contributed by atoms with Crippen LogP contribution in [0, 0.1) is 0 Å². The summed E-state index contributed by atoms with van der Waals surface area (Å²) in [5.74, 6) is 0. The summed E-state index contributed by atoms with van der Waals surface area (Å²) in [5.41, 5.74) is 5.33. The number of unbranched alkanes of at least 4 members (excludes halogenated alkanes) is 1. The third-order valence-electron chi connectivity index (χ3n) is 1.25. The van der Waals surface area contributed by atoms with Crippen LogP contribution in [0.2, 0.25) is 0 Å². The Morgan fingerprint density at radius 1 is 1.50 bits per heavy atom. The van der Waals surface area contributed by atoms with Crippen molar-refractivity contribution in [1.82, 2.24) is 4.81 Å². The third kappa shape index (κ3) is 6.07. The molecule has 0 atom stereocenters. The first kappa shape index (κ1) is 9.94. The molecular formula is C6H16BN2O. The van der Waals surface area contributed by atoms with E-state index in [4.69, 9.17) is 10.4 Å². The average Bonchev–Trinajstić information content (AvgIpc) is 1.89.